The average Bonchev–Trinajstić information content (AvgIpc) is 2.80. The van der Waals surface area contributed by atoms with Crippen LogP contribution in [0.2, 0.25) is 5.02 Å². The van der Waals surface area contributed by atoms with Crippen LogP contribution in [-0.4, -0.2) is 29.5 Å². The normalized spacial score (nSPS) is 14.9. The van der Waals surface area contributed by atoms with Crippen molar-refractivity contribution in [3.8, 4) is 0 Å². The molecule has 4 rings (SSSR count). The Morgan fingerprint density at radius 3 is 2.65 bits per heavy atom. The standard InChI is InChI=1S/C27H34ClN3/c28-24-13-14-25-26(15-17-30-27(25)19-24)29-16-7-8-18-31(20-22-9-3-1-4-10-22)21-23-11-5-2-6-12-23/h1,3-4,9-10,13-15,17,19,23H,2,5-8,11-12,16,18,20-21H2,(H,29,30). The Hall–Kier alpha value is -2.10. The molecule has 1 aliphatic rings. The number of nitrogens with zero attached hydrogens (tertiary/aromatic N) is 2. The molecule has 4 heteroatoms. The molecule has 0 spiro atoms. The molecule has 31 heavy (non-hydrogen) atoms. The molecule has 164 valence electrons. The van der Waals surface area contributed by atoms with Crippen LogP contribution in [0.25, 0.3) is 10.9 Å². The van der Waals surface area contributed by atoms with Crippen LogP contribution < -0.4 is 5.32 Å². The van der Waals surface area contributed by atoms with Crippen molar-refractivity contribution in [2.45, 2.75) is 51.5 Å². The van der Waals surface area contributed by atoms with Crippen LogP contribution in [0, 0.1) is 5.92 Å². The van der Waals surface area contributed by atoms with Crippen molar-refractivity contribution in [1.29, 1.82) is 0 Å². The molecule has 1 N–H and O–H groups in total. The number of halogens is 1. The van der Waals surface area contributed by atoms with E-state index >= 15 is 0 Å². The van der Waals surface area contributed by atoms with Crippen molar-refractivity contribution >= 4 is 28.2 Å². The summed E-state index contributed by atoms with van der Waals surface area (Å²) in [4.78, 5) is 7.12. The average molecular weight is 436 g/mol. The molecule has 3 aromatic rings. The van der Waals surface area contributed by atoms with Crippen LogP contribution in [0.3, 0.4) is 0 Å². The summed E-state index contributed by atoms with van der Waals surface area (Å²) in [6.45, 7) is 4.46. The first-order valence-corrected chi connectivity index (χ1v) is 12.2. The lowest BCUT2D eigenvalue weighted by molar-refractivity contribution is 0.191. The minimum Gasteiger partial charge on any atom is -0.384 e. The van der Waals surface area contributed by atoms with E-state index in [1.54, 1.807) is 0 Å². The van der Waals surface area contributed by atoms with E-state index in [-0.39, 0.29) is 0 Å². The first-order chi connectivity index (χ1) is 15.3. The highest BCUT2D eigenvalue weighted by Crippen LogP contribution is 2.26. The molecule has 0 saturated heterocycles. The molecule has 0 radical (unpaired) electrons. The zero-order chi connectivity index (χ0) is 21.3. The lowest BCUT2D eigenvalue weighted by Gasteiger charge is -2.30. The SMILES string of the molecule is Clc1ccc2c(NCCCCN(Cc3ccccc3)CC3CCCCC3)ccnc2c1. The molecule has 1 aromatic heterocycles. The number of pyridine rings is 1. The highest BCUT2D eigenvalue weighted by molar-refractivity contribution is 6.31. The summed E-state index contributed by atoms with van der Waals surface area (Å²) in [7, 11) is 0. The molecule has 3 nitrogen and oxygen atoms in total. The lowest BCUT2D eigenvalue weighted by atomic mass is 9.89. The van der Waals surface area contributed by atoms with Gasteiger partial charge in [-0.3, -0.25) is 9.88 Å². The third kappa shape index (κ3) is 6.69. The van der Waals surface area contributed by atoms with Crippen LogP contribution in [0.4, 0.5) is 5.69 Å². The second-order valence-electron chi connectivity index (χ2n) is 8.88. The van der Waals surface area contributed by atoms with E-state index in [4.69, 9.17) is 11.6 Å². The van der Waals surface area contributed by atoms with Crippen molar-refractivity contribution in [3.63, 3.8) is 0 Å². The monoisotopic (exact) mass is 435 g/mol. The van der Waals surface area contributed by atoms with Crippen molar-refractivity contribution in [2.24, 2.45) is 5.92 Å². The molecule has 2 aromatic carbocycles. The summed E-state index contributed by atoms with van der Waals surface area (Å²) in [5, 5.41) is 5.47. The van der Waals surface area contributed by atoms with E-state index in [9.17, 15) is 0 Å². The van der Waals surface area contributed by atoms with Crippen molar-refractivity contribution < 1.29 is 0 Å². The molecule has 0 bridgehead atoms. The molecule has 0 amide bonds. The van der Waals surface area contributed by atoms with Crippen LogP contribution in [-0.2, 0) is 6.54 Å². The Morgan fingerprint density at radius 2 is 1.81 bits per heavy atom. The van der Waals surface area contributed by atoms with Crippen molar-refractivity contribution in [2.75, 3.05) is 25.0 Å². The van der Waals surface area contributed by atoms with Crippen LogP contribution >= 0.6 is 11.6 Å². The second-order valence-corrected chi connectivity index (χ2v) is 9.32. The zero-order valence-corrected chi connectivity index (χ0v) is 19.2. The smallest absolute Gasteiger partial charge is 0.0737 e. The van der Waals surface area contributed by atoms with Gasteiger partial charge in [-0.25, -0.2) is 0 Å². The van der Waals surface area contributed by atoms with E-state index in [1.165, 1.54) is 57.2 Å². The van der Waals surface area contributed by atoms with E-state index in [0.717, 1.165) is 47.0 Å². The van der Waals surface area contributed by atoms with Gasteiger partial charge in [0.25, 0.3) is 0 Å². The minimum absolute atomic E-state index is 0.730. The van der Waals surface area contributed by atoms with Crippen LogP contribution in [0.15, 0.2) is 60.8 Å². The van der Waals surface area contributed by atoms with Gasteiger partial charge in [0.05, 0.1) is 5.52 Å². The Kier molecular flexibility index (Phi) is 8.20. The van der Waals surface area contributed by atoms with Gasteiger partial charge in [0.15, 0.2) is 0 Å². The Bertz CT molecular complexity index is 938. The first-order valence-electron chi connectivity index (χ1n) is 11.8. The largest absolute Gasteiger partial charge is 0.384 e. The Balaban J connectivity index is 1.28. The molecule has 0 atom stereocenters. The topological polar surface area (TPSA) is 28.2 Å². The predicted octanol–water partition coefficient (Wildman–Crippen LogP) is 7.16. The molecule has 1 heterocycles. The number of hydrogen-bond acceptors (Lipinski definition) is 3. The quantitative estimate of drug-likeness (QED) is 0.342. The van der Waals surface area contributed by atoms with E-state index in [1.807, 2.05) is 18.3 Å². The number of rotatable bonds is 10. The number of nitrogens with one attached hydrogen (secondary N) is 1. The molecule has 0 aliphatic heterocycles. The Morgan fingerprint density at radius 1 is 0.968 bits per heavy atom. The lowest BCUT2D eigenvalue weighted by Crippen LogP contribution is -2.31. The number of unbranched alkanes of at least 4 members (excludes halogenated alkanes) is 1. The van der Waals surface area contributed by atoms with Crippen LogP contribution in [0.1, 0.15) is 50.5 Å². The molecular weight excluding hydrogens is 402 g/mol. The molecular formula is C27H34ClN3. The van der Waals surface area contributed by atoms with Crippen LogP contribution in [0.5, 0.6) is 0 Å². The van der Waals surface area contributed by atoms with E-state index in [0.29, 0.717) is 0 Å². The summed E-state index contributed by atoms with van der Waals surface area (Å²) in [5.74, 6) is 0.880. The maximum absolute atomic E-state index is 6.11. The van der Waals surface area contributed by atoms with Gasteiger partial charge < -0.3 is 5.32 Å². The fourth-order valence-corrected chi connectivity index (χ4v) is 4.94. The van der Waals surface area contributed by atoms with Crippen molar-refractivity contribution in [1.82, 2.24) is 9.88 Å². The summed E-state index contributed by atoms with van der Waals surface area (Å²) in [6.07, 6.45) is 11.3. The fraction of sp³-hybridized carbons (Fsp3) is 0.444. The first kappa shape index (κ1) is 22.1. The van der Waals surface area contributed by atoms with Gasteiger partial charge in [-0.05, 0) is 68.0 Å². The molecule has 1 saturated carbocycles. The maximum Gasteiger partial charge on any atom is 0.0737 e. The minimum atomic E-state index is 0.730. The van der Waals surface area contributed by atoms with Crippen molar-refractivity contribution in [3.05, 3.63) is 71.4 Å². The van der Waals surface area contributed by atoms with Gasteiger partial charge >= 0.3 is 0 Å². The predicted molar refractivity (Wildman–Crippen MR) is 133 cm³/mol. The number of anilines is 1. The number of fused-ring (bicyclic) bond motifs is 1. The fourth-order valence-electron chi connectivity index (χ4n) is 4.77. The number of hydrogen-bond donors (Lipinski definition) is 1. The summed E-state index contributed by atoms with van der Waals surface area (Å²) < 4.78 is 0. The highest BCUT2D eigenvalue weighted by atomic mass is 35.5. The third-order valence-electron chi connectivity index (χ3n) is 6.41. The second kappa shape index (κ2) is 11.5. The molecule has 1 fully saturated rings. The van der Waals surface area contributed by atoms with Gasteiger partial charge in [0.1, 0.15) is 0 Å². The zero-order valence-electron chi connectivity index (χ0n) is 18.4. The van der Waals surface area contributed by atoms with Gasteiger partial charge in [0.2, 0.25) is 0 Å². The van der Waals surface area contributed by atoms with E-state index in [2.05, 4.69) is 57.7 Å². The third-order valence-corrected chi connectivity index (χ3v) is 6.65. The highest BCUT2D eigenvalue weighted by Gasteiger charge is 2.17. The summed E-state index contributed by atoms with van der Waals surface area (Å²) >= 11 is 6.11. The number of benzene rings is 2. The summed E-state index contributed by atoms with van der Waals surface area (Å²) in [5.41, 5.74) is 3.52. The van der Waals surface area contributed by atoms with Gasteiger partial charge in [-0.1, -0.05) is 61.2 Å². The summed E-state index contributed by atoms with van der Waals surface area (Å²) in [6, 6.07) is 18.9. The molecule has 0 unspecified atom stereocenters. The van der Waals surface area contributed by atoms with Gasteiger partial charge in [-0.2, -0.15) is 0 Å². The molecule has 1 aliphatic carbocycles. The van der Waals surface area contributed by atoms with Gasteiger partial charge in [0, 0.05) is 41.9 Å². The van der Waals surface area contributed by atoms with Gasteiger partial charge in [-0.15, -0.1) is 0 Å². The van der Waals surface area contributed by atoms with E-state index < -0.39 is 0 Å². The Labute approximate surface area is 191 Å². The number of aromatic nitrogens is 1. The maximum atomic E-state index is 6.11.